The van der Waals surface area contributed by atoms with Crippen LogP contribution < -0.4 is 16.4 Å². The highest BCUT2D eigenvalue weighted by Gasteiger charge is 2.16. The molecule has 0 radical (unpaired) electrons. The maximum Gasteiger partial charge on any atom is 0.222 e. The summed E-state index contributed by atoms with van der Waals surface area (Å²) in [5.74, 6) is 0.194. The average Bonchev–Trinajstić information content (AvgIpc) is 3.01. The number of nitrogens with two attached hydrogens (primary N) is 2. The quantitative estimate of drug-likeness (QED) is 0.868. The van der Waals surface area contributed by atoms with E-state index in [-0.39, 0.29) is 17.3 Å². The van der Waals surface area contributed by atoms with E-state index in [1.807, 2.05) is 18.2 Å². The third-order valence-corrected chi connectivity index (χ3v) is 3.66. The molecule has 0 unspecified atom stereocenters. The number of hydrogen-bond donors (Lipinski definition) is 2. The average molecular weight is 280 g/mol. The van der Waals surface area contributed by atoms with Crippen LogP contribution in [0.4, 0.5) is 17.5 Å². The molecule has 0 amide bonds. The Balaban J connectivity index is 2.09. The topological polar surface area (TPSA) is 105 Å². The Hall–Kier alpha value is -2.81. The van der Waals surface area contributed by atoms with Crippen LogP contribution in [0, 0.1) is 11.3 Å². The maximum absolute atomic E-state index is 9.27. The molecule has 1 aromatic carbocycles. The zero-order valence-corrected chi connectivity index (χ0v) is 11.6. The lowest BCUT2D eigenvalue weighted by Gasteiger charge is -2.18. The second-order valence-electron chi connectivity index (χ2n) is 5.05. The van der Waals surface area contributed by atoms with Crippen LogP contribution in [0.2, 0.25) is 0 Å². The number of benzene rings is 1. The molecule has 1 aromatic heterocycles. The molecule has 1 fully saturated rings. The van der Waals surface area contributed by atoms with E-state index in [4.69, 9.17) is 11.5 Å². The van der Waals surface area contributed by atoms with Gasteiger partial charge in [-0.1, -0.05) is 12.1 Å². The zero-order valence-electron chi connectivity index (χ0n) is 11.6. The molecule has 0 aliphatic carbocycles. The summed E-state index contributed by atoms with van der Waals surface area (Å²) in [6, 6.07) is 10.0. The largest absolute Gasteiger partial charge is 0.382 e. The van der Waals surface area contributed by atoms with Crippen LogP contribution in [-0.4, -0.2) is 23.1 Å². The molecular weight excluding hydrogens is 264 g/mol. The monoisotopic (exact) mass is 280 g/mol. The number of hydrogen-bond acceptors (Lipinski definition) is 6. The van der Waals surface area contributed by atoms with Crippen LogP contribution in [-0.2, 0) is 0 Å². The maximum atomic E-state index is 9.27. The van der Waals surface area contributed by atoms with Crippen molar-refractivity contribution >= 4 is 17.5 Å². The summed E-state index contributed by atoms with van der Waals surface area (Å²) in [7, 11) is 0. The smallest absolute Gasteiger partial charge is 0.222 e. The first-order valence-corrected chi connectivity index (χ1v) is 6.87. The molecule has 106 valence electrons. The van der Waals surface area contributed by atoms with Gasteiger partial charge in [-0.2, -0.15) is 10.2 Å². The highest BCUT2D eigenvalue weighted by atomic mass is 15.1. The summed E-state index contributed by atoms with van der Waals surface area (Å²) in [5.41, 5.74) is 14.1. The van der Waals surface area contributed by atoms with Gasteiger partial charge in [-0.15, -0.1) is 0 Å². The molecule has 6 heteroatoms. The molecule has 1 aliphatic heterocycles. The third kappa shape index (κ3) is 2.46. The van der Waals surface area contributed by atoms with Crippen molar-refractivity contribution in [1.29, 1.82) is 5.26 Å². The number of nitrogen functional groups attached to an aromatic ring is 2. The Morgan fingerprint density at radius 1 is 1.14 bits per heavy atom. The van der Waals surface area contributed by atoms with Gasteiger partial charge in [0.1, 0.15) is 17.5 Å². The van der Waals surface area contributed by atoms with Gasteiger partial charge in [0.05, 0.1) is 5.69 Å². The van der Waals surface area contributed by atoms with Crippen molar-refractivity contribution < 1.29 is 0 Å². The van der Waals surface area contributed by atoms with Gasteiger partial charge in [0, 0.05) is 24.3 Å². The van der Waals surface area contributed by atoms with Gasteiger partial charge in [0.15, 0.2) is 0 Å². The lowest BCUT2D eigenvalue weighted by Crippen LogP contribution is -2.17. The normalized spacial score (nSPS) is 14.1. The molecule has 0 spiro atoms. The third-order valence-electron chi connectivity index (χ3n) is 3.66. The lowest BCUT2D eigenvalue weighted by atomic mass is 10.1. The number of aromatic nitrogens is 2. The summed E-state index contributed by atoms with van der Waals surface area (Å²) < 4.78 is 0. The molecule has 0 bridgehead atoms. The van der Waals surface area contributed by atoms with E-state index in [1.165, 1.54) is 12.8 Å². The summed E-state index contributed by atoms with van der Waals surface area (Å²) in [6.07, 6.45) is 2.42. The molecule has 0 atom stereocenters. The molecule has 2 aromatic rings. The highest BCUT2D eigenvalue weighted by Crippen LogP contribution is 2.29. The Morgan fingerprint density at radius 3 is 2.62 bits per heavy atom. The lowest BCUT2D eigenvalue weighted by molar-refractivity contribution is 0.949. The first-order valence-electron chi connectivity index (χ1n) is 6.87. The SMILES string of the molecule is N#Cc1c(N)nc(N)nc1-c1cccc(N2CCCC2)c1. The molecule has 3 rings (SSSR count). The van der Waals surface area contributed by atoms with Crippen molar-refractivity contribution in [3.05, 3.63) is 29.8 Å². The zero-order chi connectivity index (χ0) is 14.8. The Labute approximate surface area is 123 Å². The minimum absolute atomic E-state index is 0.0769. The fraction of sp³-hybridized carbons (Fsp3) is 0.267. The van der Waals surface area contributed by atoms with Gasteiger partial charge >= 0.3 is 0 Å². The van der Waals surface area contributed by atoms with Crippen LogP contribution in [0.15, 0.2) is 24.3 Å². The summed E-state index contributed by atoms with van der Waals surface area (Å²) >= 11 is 0. The van der Waals surface area contributed by atoms with Crippen molar-refractivity contribution in [2.24, 2.45) is 0 Å². The number of rotatable bonds is 2. The number of anilines is 3. The highest BCUT2D eigenvalue weighted by molar-refractivity contribution is 5.75. The van der Waals surface area contributed by atoms with Crippen LogP contribution >= 0.6 is 0 Å². The van der Waals surface area contributed by atoms with E-state index < -0.39 is 0 Å². The Morgan fingerprint density at radius 2 is 1.90 bits per heavy atom. The Bertz CT molecular complexity index is 713. The summed E-state index contributed by atoms with van der Waals surface area (Å²) in [5, 5.41) is 9.27. The molecule has 4 N–H and O–H groups in total. The van der Waals surface area contributed by atoms with Crippen LogP contribution in [0.5, 0.6) is 0 Å². The molecule has 1 aliphatic rings. The van der Waals surface area contributed by atoms with Crippen molar-refractivity contribution in [1.82, 2.24) is 9.97 Å². The minimum Gasteiger partial charge on any atom is -0.382 e. The molecular formula is C15H16N6. The van der Waals surface area contributed by atoms with Crippen molar-refractivity contribution in [2.75, 3.05) is 29.5 Å². The van der Waals surface area contributed by atoms with Gasteiger partial charge < -0.3 is 16.4 Å². The molecule has 21 heavy (non-hydrogen) atoms. The van der Waals surface area contributed by atoms with Crippen molar-refractivity contribution in [3.63, 3.8) is 0 Å². The fourth-order valence-electron chi connectivity index (χ4n) is 2.64. The second kappa shape index (κ2) is 5.29. The fourth-order valence-corrected chi connectivity index (χ4v) is 2.64. The number of nitrogens with zero attached hydrogens (tertiary/aromatic N) is 4. The van der Waals surface area contributed by atoms with E-state index in [9.17, 15) is 5.26 Å². The van der Waals surface area contributed by atoms with E-state index in [0.29, 0.717) is 5.69 Å². The van der Waals surface area contributed by atoms with Gasteiger partial charge in [0.2, 0.25) is 5.95 Å². The molecule has 6 nitrogen and oxygen atoms in total. The van der Waals surface area contributed by atoms with Crippen molar-refractivity contribution in [3.8, 4) is 17.3 Å². The molecule has 0 saturated carbocycles. The predicted molar refractivity (Wildman–Crippen MR) is 82.5 cm³/mol. The van der Waals surface area contributed by atoms with Gasteiger partial charge in [-0.25, -0.2) is 4.98 Å². The standard InChI is InChI=1S/C15H16N6/c16-9-12-13(19-15(18)20-14(12)17)10-4-3-5-11(8-10)21-6-1-2-7-21/h3-5,8H,1-2,6-7H2,(H4,17,18,19,20). The Kier molecular flexibility index (Phi) is 3.32. The minimum atomic E-state index is 0.0769. The first kappa shape index (κ1) is 13.2. The van der Waals surface area contributed by atoms with Crippen molar-refractivity contribution in [2.45, 2.75) is 12.8 Å². The molecule has 1 saturated heterocycles. The summed E-state index contributed by atoms with van der Waals surface area (Å²) in [4.78, 5) is 10.4. The van der Waals surface area contributed by atoms with Crippen LogP contribution in [0.1, 0.15) is 18.4 Å². The van der Waals surface area contributed by atoms with Gasteiger partial charge in [0.25, 0.3) is 0 Å². The summed E-state index contributed by atoms with van der Waals surface area (Å²) in [6.45, 7) is 2.12. The number of nitriles is 1. The first-order chi connectivity index (χ1) is 10.2. The molecule has 2 heterocycles. The van der Waals surface area contributed by atoms with E-state index in [1.54, 1.807) is 0 Å². The second-order valence-corrected chi connectivity index (χ2v) is 5.05. The van der Waals surface area contributed by atoms with Gasteiger partial charge in [-0.05, 0) is 25.0 Å². The van der Waals surface area contributed by atoms with Gasteiger partial charge in [-0.3, -0.25) is 0 Å². The van der Waals surface area contributed by atoms with Crippen LogP contribution in [0.25, 0.3) is 11.3 Å². The van der Waals surface area contributed by atoms with E-state index in [2.05, 4.69) is 27.0 Å². The van der Waals surface area contributed by atoms with E-state index in [0.717, 1.165) is 24.3 Å². The predicted octanol–water partition coefficient (Wildman–Crippen LogP) is 1.78. The van der Waals surface area contributed by atoms with E-state index >= 15 is 0 Å². The van der Waals surface area contributed by atoms with Crippen LogP contribution in [0.3, 0.4) is 0 Å².